The lowest BCUT2D eigenvalue weighted by Gasteiger charge is -1.99. The van der Waals surface area contributed by atoms with Crippen LogP contribution in [0.1, 0.15) is 0 Å². The number of para-hydroxylation sites is 2. The van der Waals surface area contributed by atoms with Gasteiger partial charge in [-0.3, -0.25) is 0 Å². The van der Waals surface area contributed by atoms with E-state index >= 15 is 0 Å². The third kappa shape index (κ3) is 1.71. The van der Waals surface area contributed by atoms with Crippen molar-refractivity contribution in [2.24, 2.45) is 0 Å². The highest BCUT2D eigenvalue weighted by atomic mass is 32.2. The molecule has 4 rings (SSSR count). The summed E-state index contributed by atoms with van der Waals surface area (Å²) in [6, 6.07) is 11.6. The number of aromatic nitrogens is 4. The number of nitrogens with zero attached hydrogens (tertiary/aromatic N) is 3. The minimum Gasteiger partial charge on any atom is -0.397 e. The number of hydrogen-bond donors (Lipinski definition) is 2. The highest BCUT2D eigenvalue weighted by Gasteiger charge is 2.13. The fraction of sp³-hybridized carbons (Fsp3) is 0. The SMILES string of the molecule is Nc1ccc(Sc2nc3ccccc3[nH]2)c2nonc12. The van der Waals surface area contributed by atoms with E-state index in [1.165, 1.54) is 11.8 Å². The largest absolute Gasteiger partial charge is 0.397 e. The number of imidazole rings is 1. The summed E-state index contributed by atoms with van der Waals surface area (Å²) in [5, 5.41) is 8.50. The maximum Gasteiger partial charge on any atom is 0.171 e. The minimum atomic E-state index is 0.551. The predicted octanol–water partition coefficient (Wildman–Crippen LogP) is 2.83. The topological polar surface area (TPSA) is 93.6 Å². The monoisotopic (exact) mass is 283 g/mol. The van der Waals surface area contributed by atoms with Gasteiger partial charge in [0.05, 0.1) is 16.7 Å². The van der Waals surface area contributed by atoms with Crippen LogP contribution in [0.5, 0.6) is 0 Å². The van der Waals surface area contributed by atoms with Crippen molar-refractivity contribution in [1.82, 2.24) is 20.3 Å². The second kappa shape index (κ2) is 4.24. The van der Waals surface area contributed by atoms with Gasteiger partial charge in [-0.05, 0) is 46.3 Å². The average molecular weight is 283 g/mol. The zero-order valence-electron chi connectivity index (χ0n) is 10.2. The van der Waals surface area contributed by atoms with Gasteiger partial charge in [-0.25, -0.2) is 9.61 Å². The molecule has 0 atom stereocenters. The number of anilines is 1. The van der Waals surface area contributed by atoms with Gasteiger partial charge in [-0.1, -0.05) is 12.1 Å². The van der Waals surface area contributed by atoms with Crippen molar-refractivity contribution in [3.8, 4) is 0 Å². The van der Waals surface area contributed by atoms with Gasteiger partial charge in [-0.2, -0.15) is 0 Å². The van der Waals surface area contributed by atoms with Gasteiger partial charge in [0, 0.05) is 4.90 Å². The van der Waals surface area contributed by atoms with Gasteiger partial charge < -0.3 is 10.7 Å². The van der Waals surface area contributed by atoms with Gasteiger partial charge >= 0.3 is 0 Å². The molecule has 0 radical (unpaired) electrons. The number of aromatic amines is 1. The second-order valence-corrected chi connectivity index (χ2v) is 5.31. The van der Waals surface area contributed by atoms with Crippen LogP contribution in [-0.2, 0) is 0 Å². The zero-order valence-corrected chi connectivity index (χ0v) is 11.0. The minimum absolute atomic E-state index is 0.551. The third-order valence-electron chi connectivity index (χ3n) is 2.98. The lowest BCUT2D eigenvalue weighted by Crippen LogP contribution is -1.87. The molecule has 0 amide bonds. The van der Waals surface area contributed by atoms with E-state index in [2.05, 4.69) is 20.3 Å². The standard InChI is InChI=1S/C13H9N5OS/c14-7-5-6-10(12-11(7)17-19-18-12)20-13-15-8-3-1-2-4-9(8)16-13/h1-6H,14H2,(H,15,16). The normalized spacial score (nSPS) is 11.4. The van der Waals surface area contributed by atoms with Crippen molar-refractivity contribution in [3.63, 3.8) is 0 Å². The molecule has 0 saturated carbocycles. The van der Waals surface area contributed by atoms with Gasteiger partial charge in [0.25, 0.3) is 0 Å². The van der Waals surface area contributed by atoms with Crippen LogP contribution in [0.4, 0.5) is 5.69 Å². The molecule has 0 bridgehead atoms. The zero-order chi connectivity index (χ0) is 13.5. The van der Waals surface area contributed by atoms with E-state index in [-0.39, 0.29) is 0 Å². The lowest BCUT2D eigenvalue weighted by molar-refractivity contribution is 0.315. The molecule has 98 valence electrons. The lowest BCUT2D eigenvalue weighted by atomic mass is 10.3. The van der Waals surface area contributed by atoms with Crippen LogP contribution in [0.2, 0.25) is 0 Å². The molecule has 0 aliphatic carbocycles. The van der Waals surface area contributed by atoms with Crippen LogP contribution in [0.3, 0.4) is 0 Å². The van der Waals surface area contributed by atoms with Crippen molar-refractivity contribution in [3.05, 3.63) is 36.4 Å². The Morgan fingerprint density at radius 1 is 1.05 bits per heavy atom. The summed E-state index contributed by atoms with van der Waals surface area (Å²) in [4.78, 5) is 8.67. The van der Waals surface area contributed by atoms with Crippen LogP contribution >= 0.6 is 11.8 Å². The van der Waals surface area contributed by atoms with Crippen molar-refractivity contribution < 1.29 is 4.63 Å². The highest BCUT2D eigenvalue weighted by Crippen LogP contribution is 2.33. The first kappa shape index (κ1) is 11.3. The Hall–Kier alpha value is -2.54. The van der Waals surface area contributed by atoms with Crippen LogP contribution in [-0.4, -0.2) is 20.3 Å². The summed E-state index contributed by atoms with van der Waals surface area (Å²) in [5.41, 5.74) is 9.53. The van der Waals surface area contributed by atoms with E-state index < -0.39 is 0 Å². The fourth-order valence-corrected chi connectivity index (χ4v) is 2.91. The summed E-state index contributed by atoms with van der Waals surface area (Å²) in [5.74, 6) is 0. The van der Waals surface area contributed by atoms with E-state index in [1.807, 2.05) is 30.3 Å². The molecule has 0 aliphatic heterocycles. The number of H-pyrrole nitrogens is 1. The molecule has 7 heteroatoms. The Morgan fingerprint density at radius 2 is 1.90 bits per heavy atom. The van der Waals surface area contributed by atoms with Gasteiger partial charge in [0.15, 0.2) is 16.2 Å². The Kier molecular flexibility index (Phi) is 2.40. The first-order valence-corrected chi connectivity index (χ1v) is 6.76. The summed E-state index contributed by atoms with van der Waals surface area (Å²) in [6.07, 6.45) is 0. The molecular formula is C13H9N5OS. The molecular weight excluding hydrogens is 274 g/mol. The molecule has 0 unspecified atom stereocenters. The van der Waals surface area contributed by atoms with Crippen LogP contribution in [0.25, 0.3) is 22.1 Å². The molecule has 2 aromatic carbocycles. The maximum absolute atomic E-state index is 5.83. The molecule has 20 heavy (non-hydrogen) atoms. The molecule has 3 N–H and O–H groups in total. The van der Waals surface area contributed by atoms with Crippen LogP contribution in [0.15, 0.2) is 51.1 Å². The number of fused-ring (bicyclic) bond motifs is 2. The van der Waals surface area contributed by atoms with Gasteiger partial charge in [-0.15, -0.1) is 0 Å². The van der Waals surface area contributed by atoms with Crippen molar-refractivity contribution >= 4 is 39.5 Å². The number of benzene rings is 2. The molecule has 0 saturated heterocycles. The second-order valence-electron chi connectivity index (χ2n) is 4.28. The summed E-state index contributed by atoms with van der Waals surface area (Å²) < 4.78 is 4.76. The summed E-state index contributed by atoms with van der Waals surface area (Å²) >= 11 is 1.47. The Bertz CT molecular complexity index is 880. The Balaban J connectivity index is 1.80. The average Bonchev–Trinajstić information content (AvgIpc) is 3.08. The Morgan fingerprint density at radius 3 is 2.80 bits per heavy atom. The van der Waals surface area contributed by atoms with E-state index in [1.54, 1.807) is 6.07 Å². The quantitative estimate of drug-likeness (QED) is 0.549. The van der Waals surface area contributed by atoms with E-state index in [0.717, 1.165) is 21.1 Å². The van der Waals surface area contributed by atoms with Crippen molar-refractivity contribution in [2.45, 2.75) is 10.1 Å². The molecule has 0 spiro atoms. The number of nitrogen functional groups attached to an aromatic ring is 1. The van der Waals surface area contributed by atoms with Crippen molar-refractivity contribution in [2.75, 3.05) is 5.73 Å². The third-order valence-corrected chi connectivity index (χ3v) is 3.92. The molecule has 2 heterocycles. The first-order valence-electron chi connectivity index (χ1n) is 5.94. The number of nitrogens with two attached hydrogens (primary N) is 1. The predicted molar refractivity (Wildman–Crippen MR) is 76.4 cm³/mol. The number of nitrogens with one attached hydrogen (secondary N) is 1. The Labute approximate surface area is 117 Å². The van der Waals surface area contributed by atoms with Crippen LogP contribution in [0, 0.1) is 0 Å². The molecule has 6 nitrogen and oxygen atoms in total. The number of hydrogen-bond acceptors (Lipinski definition) is 6. The van der Waals surface area contributed by atoms with Crippen molar-refractivity contribution in [1.29, 1.82) is 0 Å². The fourth-order valence-electron chi connectivity index (χ4n) is 2.03. The molecule has 4 aromatic rings. The van der Waals surface area contributed by atoms with E-state index in [0.29, 0.717) is 16.7 Å². The first-order chi connectivity index (χ1) is 9.81. The molecule has 2 aromatic heterocycles. The molecule has 0 fully saturated rings. The smallest absolute Gasteiger partial charge is 0.171 e. The van der Waals surface area contributed by atoms with E-state index in [4.69, 9.17) is 10.4 Å². The summed E-state index contributed by atoms with van der Waals surface area (Å²) in [7, 11) is 0. The molecule has 0 aliphatic rings. The van der Waals surface area contributed by atoms with Crippen LogP contribution < -0.4 is 5.73 Å². The summed E-state index contributed by atoms with van der Waals surface area (Å²) in [6.45, 7) is 0. The number of rotatable bonds is 2. The van der Waals surface area contributed by atoms with Gasteiger partial charge in [0.2, 0.25) is 0 Å². The maximum atomic E-state index is 5.83. The van der Waals surface area contributed by atoms with E-state index in [9.17, 15) is 0 Å². The van der Waals surface area contributed by atoms with Gasteiger partial charge in [0.1, 0.15) is 0 Å². The highest BCUT2D eigenvalue weighted by molar-refractivity contribution is 7.99.